The van der Waals surface area contributed by atoms with Crippen LogP contribution in [0.15, 0.2) is 63.5 Å². The Bertz CT molecular complexity index is 1220. The van der Waals surface area contributed by atoms with E-state index >= 15 is 0 Å². The minimum atomic E-state index is -0.247. The lowest BCUT2D eigenvalue weighted by Crippen LogP contribution is -2.20. The van der Waals surface area contributed by atoms with Gasteiger partial charge in [0.25, 0.3) is 5.91 Å². The summed E-state index contributed by atoms with van der Waals surface area (Å²) in [6, 6.07) is 17.4. The zero-order chi connectivity index (χ0) is 21.3. The monoisotopic (exact) mass is 464 g/mol. The van der Waals surface area contributed by atoms with Crippen molar-refractivity contribution in [2.45, 2.75) is 20.8 Å². The molecule has 152 valence electrons. The Morgan fingerprint density at radius 3 is 2.67 bits per heavy atom. The summed E-state index contributed by atoms with van der Waals surface area (Å²) in [6.07, 6.45) is 0. The van der Waals surface area contributed by atoms with Crippen LogP contribution in [0.3, 0.4) is 0 Å². The molecule has 6 heteroatoms. The number of fused-ring (bicyclic) bond motifs is 1. The van der Waals surface area contributed by atoms with Gasteiger partial charge in [-0.3, -0.25) is 4.79 Å². The van der Waals surface area contributed by atoms with Gasteiger partial charge in [0.1, 0.15) is 11.3 Å². The van der Waals surface area contributed by atoms with E-state index in [1.54, 1.807) is 18.2 Å². The summed E-state index contributed by atoms with van der Waals surface area (Å²) in [5.74, 6) is 0.981. The Labute approximate surface area is 183 Å². The van der Waals surface area contributed by atoms with Gasteiger partial charge in [-0.05, 0) is 84.2 Å². The van der Waals surface area contributed by atoms with Gasteiger partial charge < -0.3 is 14.5 Å². The van der Waals surface area contributed by atoms with Crippen LogP contribution in [0.5, 0.6) is 5.75 Å². The molecule has 1 aromatic heterocycles. The molecule has 3 aromatic carbocycles. The summed E-state index contributed by atoms with van der Waals surface area (Å²) >= 11 is 3.49. The number of ether oxygens (including phenoxy) is 1. The highest BCUT2D eigenvalue weighted by Gasteiger charge is 2.12. The van der Waals surface area contributed by atoms with E-state index in [1.807, 2.05) is 57.2 Å². The molecule has 4 aromatic rings. The lowest BCUT2D eigenvalue weighted by Gasteiger charge is -2.12. The molecule has 0 saturated carbocycles. The standard InChI is InChI=1S/C24H21BrN2O3/c1-14-5-4-6-17(10-14)24-27-20-12-18(7-8-21(20)30-24)26-22(28)13-29-23-16(3)9-15(2)11-19(23)25/h4-12H,13H2,1-3H3,(H,26,28). The van der Waals surface area contributed by atoms with E-state index in [0.717, 1.165) is 26.7 Å². The molecular formula is C24H21BrN2O3. The average molecular weight is 465 g/mol. The molecule has 0 fully saturated rings. The predicted molar refractivity (Wildman–Crippen MR) is 122 cm³/mol. The summed E-state index contributed by atoms with van der Waals surface area (Å²) in [5, 5.41) is 2.85. The number of hydrogen-bond acceptors (Lipinski definition) is 4. The van der Waals surface area contributed by atoms with Crippen LogP contribution >= 0.6 is 15.9 Å². The van der Waals surface area contributed by atoms with Crippen molar-refractivity contribution < 1.29 is 13.9 Å². The maximum Gasteiger partial charge on any atom is 0.262 e. The van der Waals surface area contributed by atoms with Crippen molar-refractivity contribution in [3.05, 3.63) is 75.8 Å². The van der Waals surface area contributed by atoms with Crippen LogP contribution in [0.4, 0.5) is 5.69 Å². The summed E-state index contributed by atoms with van der Waals surface area (Å²) in [6.45, 7) is 5.90. The topological polar surface area (TPSA) is 64.4 Å². The molecule has 30 heavy (non-hydrogen) atoms. The van der Waals surface area contributed by atoms with Crippen LogP contribution in [-0.4, -0.2) is 17.5 Å². The van der Waals surface area contributed by atoms with Crippen molar-refractivity contribution >= 4 is 38.6 Å². The smallest absolute Gasteiger partial charge is 0.262 e. The summed E-state index contributed by atoms with van der Waals surface area (Å²) in [4.78, 5) is 16.9. The number of nitrogens with zero attached hydrogens (tertiary/aromatic N) is 1. The van der Waals surface area contributed by atoms with Crippen LogP contribution in [0, 0.1) is 20.8 Å². The Morgan fingerprint density at radius 2 is 1.90 bits per heavy atom. The molecule has 1 N–H and O–H groups in total. The molecule has 0 unspecified atom stereocenters. The molecule has 0 aliphatic heterocycles. The first-order valence-electron chi connectivity index (χ1n) is 9.56. The van der Waals surface area contributed by atoms with Gasteiger partial charge >= 0.3 is 0 Å². The van der Waals surface area contributed by atoms with E-state index in [4.69, 9.17) is 9.15 Å². The zero-order valence-electron chi connectivity index (χ0n) is 17.0. The van der Waals surface area contributed by atoms with Gasteiger partial charge in [0.2, 0.25) is 5.89 Å². The highest BCUT2D eigenvalue weighted by atomic mass is 79.9. The number of carbonyl (C=O) groups is 1. The fourth-order valence-corrected chi connectivity index (χ4v) is 4.12. The van der Waals surface area contributed by atoms with E-state index in [9.17, 15) is 4.79 Å². The lowest BCUT2D eigenvalue weighted by atomic mass is 10.1. The molecule has 5 nitrogen and oxygen atoms in total. The van der Waals surface area contributed by atoms with E-state index in [2.05, 4.69) is 26.2 Å². The second kappa shape index (κ2) is 8.32. The number of rotatable bonds is 5. The predicted octanol–water partition coefficient (Wildman–Crippen LogP) is 6.20. The first-order valence-corrected chi connectivity index (χ1v) is 10.4. The lowest BCUT2D eigenvalue weighted by molar-refractivity contribution is -0.118. The van der Waals surface area contributed by atoms with E-state index in [-0.39, 0.29) is 12.5 Å². The molecule has 0 atom stereocenters. The fraction of sp³-hybridized carbons (Fsp3) is 0.167. The maximum absolute atomic E-state index is 12.4. The maximum atomic E-state index is 12.4. The van der Waals surface area contributed by atoms with Crippen molar-refractivity contribution in [1.29, 1.82) is 0 Å². The van der Waals surface area contributed by atoms with Gasteiger partial charge in [0, 0.05) is 11.3 Å². The van der Waals surface area contributed by atoms with Gasteiger partial charge in [0.15, 0.2) is 12.2 Å². The molecule has 4 rings (SSSR count). The first-order chi connectivity index (χ1) is 14.4. The quantitative estimate of drug-likeness (QED) is 0.381. The third-order valence-corrected chi connectivity index (χ3v) is 5.25. The van der Waals surface area contributed by atoms with Gasteiger partial charge in [-0.2, -0.15) is 0 Å². The fourth-order valence-electron chi connectivity index (χ4n) is 3.33. The summed E-state index contributed by atoms with van der Waals surface area (Å²) < 4.78 is 12.4. The summed E-state index contributed by atoms with van der Waals surface area (Å²) in [7, 11) is 0. The number of oxazole rings is 1. The van der Waals surface area contributed by atoms with Crippen molar-refractivity contribution in [1.82, 2.24) is 4.98 Å². The average Bonchev–Trinajstić information content (AvgIpc) is 3.10. The Hall–Kier alpha value is -3.12. The Balaban J connectivity index is 1.47. The summed E-state index contributed by atoms with van der Waals surface area (Å²) in [5.41, 5.74) is 6.15. The molecule has 0 bridgehead atoms. The molecular weight excluding hydrogens is 444 g/mol. The van der Waals surface area contributed by atoms with E-state index < -0.39 is 0 Å². The number of aryl methyl sites for hydroxylation is 3. The molecule has 1 heterocycles. The largest absolute Gasteiger partial charge is 0.482 e. The molecule has 0 spiro atoms. The number of anilines is 1. The second-order valence-corrected chi connectivity index (χ2v) is 8.15. The van der Waals surface area contributed by atoms with Gasteiger partial charge in [-0.15, -0.1) is 0 Å². The Kier molecular flexibility index (Phi) is 5.59. The van der Waals surface area contributed by atoms with Gasteiger partial charge in [-0.25, -0.2) is 4.98 Å². The highest BCUT2D eigenvalue weighted by molar-refractivity contribution is 9.10. The minimum Gasteiger partial charge on any atom is -0.482 e. The van der Waals surface area contributed by atoms with Crippen molar-refractivity contribution in [3.8, 4) is 17.2 Å². The van der Waals surface area contributed by atoms with E-state index in [1.165, 1.54) is 0 Å². The SMILES string of the molecule is Cc1cccc(-c2nc3cc(NC(=O)COc4c(C)cc(C)cc4Br)ccc3o2)c1. The number of halogens is 1. The van der Waals surface area contributed by atoms with Crippen LogP contribution in [0.1, 0.15) is 16.7 Å². The van der Waals surface area contributed by atoms with Crippen LogP contribution < -0.4 is 10.1 Å². The number of nitrogens with one attached hydrogen (secondary N) is 1. The molecule has 1 amide bonds. The molecule has 0 saturated heterocycles. The zero-order valence-corrected chi connectivity index (χ0v) is 18.5. The van der Waals surface area contributed by atoms with Crippen LogP contribution in [0.25, 0.3) is 22.6 Å². The number of amides is 1. The van der Waals surface area contributed by atoms with Crippen LogP contribution in [-0.2, 0) is 4.79 Å². The number of aromatic nitrogens is 1. The van der Waals surface area contributed by atoms with E-state index in [0.29, 0.717) is 28.4 Å². The van der Waals surface area contributed by atoms with Gasteiger partial charge in [0.05, 0.1) is 4.47 Å². The minimum absolute atomic E-state index is 0.0894. The molecule has 0 aliphatic carbocycles. The first kappa shape index (κ1) is 20.2. The van der Waals surface area contributed by atoms with Crippen molar-refractivity contribution in [2.24, 2.45) is 0 Å². The second-order valence-electron chi connectivity index (χ2n) is 7.30. The number of carbonyl (C=O) groups excluding carboxylic acids is 1. The normalized spacial score (nSPS) is 10.9. The third-order valence-electron chi connectivity index (χ3n) is 4.66. The van der Waals surface area contributed by atoms with Gasteiger partial charge in [-0.1, -0.05) is 23.8 Å². The number of benzene rings is 3. The van der Waals surface area contributed by atoms with Crippen molar-refractivity contribution in [3.63, 3.8) is 0 Å². The molecule has 0 aliphatic rings. The van der Waals surface area contributed by atoms with Crippen molar-refractivity contribution in [2.75, 3.05) is 11.9 Å². The number of hydrogen-bond donors (Lipinski definition) is 1. The molecule has 0 radical (unpaired) electrons. The Morgan fingerprint density at radius 1 is 1.07 bits per heavy atom. The van der Waals surface area contributed by atoms with Crippen LogP contribution in [0.2, 0.25) is 0 Å². The highest BCUT2D eigenvalue weighted by Crippen LogP contribution is 2.30. The third kappa shape index (κ3) is 4.39.